The summed E-state index contributed by atoms with van der Waals surface area (Å²) in [5.74, 6) is 0. The monoisotopic (exact) mass is 340 g/mol. The van der Waals surface area contributed by atoms with Gasteiger partial charge in [0.2, 0.25) is 0 Å². The van der Waals surface area contributed by atoms with Gasteiger partial charge in [0, 0.05) is 30.2 Å². The van der Waals surface area contributed by atoms with E-state index in [1.54, 1.807) is 0 Å². The molecule has 0 amide bonds. The van der Waals surface area contributed by atoms with E-state index in [0.717, 1.165) is 50.0 Å². The molecule has 4 heteroatoms. The van der Waals surface area contributed by atoms with Gasteiger partial charge in [-0.1, -0.05) is 28.1 Å². The minimum atomic E-state index is 0.132. The molecule has 0 spiro atoms. The second-order valence-corrected chi connectivity index (χ2v) is 6.36. The first-order valence-electron chi connectivity index (χ1n) is 7.54. The van der Waals surface area contributed by atoms with Gasteiger partial charge in [0.05, 0.1) is 6.10 Å². The van der Waals surface area contributed by atoms with E-state index in [1.807, 2.05) is 0 Å². The van der Waals surface area contributed by atoms with Crippen LogP contribution in [0.4, 0.5) is 0 Å². The van der Waals surface area contributed by atoms with Crippen LogP contribution in [0.15, 0.2) is 28.7 Å². The summed E-state index contributed by atoms with van der Waals surface area (Å²) < 4.78 is 6.78. The lowest BCUT2D eigenvalue weighted by molar-refractivity contribution is 0.0138. The van der Waals surface area contributed by atoms with E-state index in [-0.39, 0.29) is 6.04 Å². The van der Waals surface area contributed by atoms with Gasteiger partial charge in [-0.15, -0.1) is 0 Å². The van der Waals surface area contributed by atoms with E-state index in [9.17, 15) is 0 Å². The maximum Gasteiger partial charge on any atom is 0.0599 e. The van der Waals surface area contributed by atoms with Crippen molar-refractivity contribution in [2.75, 3.05) is 26.2 Å². The Hall–Kier alpha value is -0.420. The Morgan fingerprint density at radius 2 is 1.95 bits per heavy atom. The molecule has 1 aliphatic rings. The highest BCUT2D eigenvalue weighted by molar-refractivity contribution is 9.10. The fraction of sp³-hybridized carbons (Fsp3) is 0.625. The van der Waals surface area contributed by atoms with E-state index >= 15 is 0 Å². The third-order valence-corrected chi connectivity index (χ3v) is 4.52. The molecule has 1 fully saturated rings. The Bertz CT molecular complexity index is 388. The van der Waals surface area contributed by atoms with Crippen molar-refractivity contribution in [3.05, 3.63) is 34.3 Å². The maximum atomic E-state index is 6.27. The zero-order valence-electron chi connectivity index (χ0n) is 12.2. The molecule has 0 aliphatic carbocycles. The Balaban J connectivity index is 1.71. The average Bonchev–Trinajstić information content (AvgIpc) is 2.47. The molecule has 0 radical (unpaired) electrons. The third kappa shape index (κ3) is 4.85. The van der Waals surface area contributed by atoms with Gasteiger partial charge in [0.25, 0.3) is 0 Å². The number of ether oxygens (including phenoxy) is 1. The van der Waals surface area contributed by atoms with Crippen molar-refractivity contribution in [3.63, 3.8) is 0 Å². The summed E-state index contributed by atoms with van der Waals surface area (Å²) in [5, 5.41) is 0. The fourth-order valence-corrected chi connectivity index (χ4v) is 3.00. The lowest BCUT2D eigenvalue weighted by Gasteiger charge is -2.32. The molecule has 1 aliphatic heterocycles. The molecule has 0 saturated carbocycles. The normalized spacial score (nSPS) is 19.1. The summed E-state index contributed by atoms with van der Waals surface area (Å²) in [7, 11) is 0. The molecule has 1 aromatic carbocycles. The van der Waals surface area contributed by atoms with Crippen LogP contribution in [0.3, 0.4) is 0 Å². The number of piperidine rings is 1. The molecule has 0 aromatic heterocycles. The molecular weight excluding hydrogens is 316 g/mol. The molecule has 0 bridgehead atoms. The largest absolute Gasteiger partial charge is 0.378 e. The Morgan fingerprint density at radius 3 is 2.55 bits per heavy atom. The first-order chi connectivity index (χ1) is 9.69. The van der Waals surface area contributed by atoms with E-state index in [1.165, 1.54) is 5.56 Å². The van der Waals surface area contributed by atoms with E-state index < -0.39 is 0 Å². The van der Waals surface area contributed by atoms with Gasteiger partial charge in [-0.2, -0.15) is 0 Å². The number of halogens is 1. The van der Waals surface area contributed by atoms with Crippen LogP contribution in [-0.4, -0.2) is 37.2 Å². The van der Waals surface area contributed by atoms with E-state index in [4.69, 9.17) is 10.5 Å². The van der Waals surface area contributed by atoms with Crippen LogP contribution in [0.25, 0.3) is 0 Å². The van der Waals surface area contributed by atoms with Crippen LogP contribution in [0.1, 0.15) is 37.8 Å². The van der Waals surface area contributed by atoms with Gasteiger partial charge in [0.15, 0.2) is 0 Å². The number of hydrogen-bond donors (Lipinski definition) is 1. The molecule has 1 atom stereocenters. The smallest absolute Gasteiger partial charge is 0.0599 e. The number of likely N-dealkylation sites (tertiary alicyclic amines) is 1. The Labute approximate surface area is 130 Å². The summed E-state index contributed by atoms with van der Waals surface area (Å²) in [6, 6.07) is 8.46. The Morgan fingerprint density at radius 1 is 1.30 bits per heavy atom. The maximum absolute atomic E-state index is 6.27. The minimum Gasteiger partial charge on any atom is -0.378 e. The van der Waals surface area contributed by atoms with Crippen molar-refractivity contribution < 1.29 is 4.74 Å². The third-order valence-electron chi connectivity index (χ3n) is 3.99. The van der Waals surface area contributed by atoms with Crippen LogP contribution < -0.4 is 5.73 Å². The SMILES string of the molecule is CCOC1CCN(CCC(N)c2ccc(Br)cc2)CC1. The van der Waals surface area contributed by atoms with Gasteiger partial charge < -0.3 is 15.4 Å². The van der Waals surface area contributed by atoms with Crippen LogP contribution >= 0.6 is 15.9 Å². The average molecular weight is 341 g/mol. The fourth-order valence-electron chi connectivity index (χ4n) is 2.73. The highest BCUT2D eigenvalue weighted by Gasteiger charge is 2.19. The minimum absolute atomic E-state index is 0.132. The molecule has 112 valence electrons. The molecule has 1 saturated heterocycles. The molecule has 1 aromatic rings. The standard InChI is InChI=1S/C16H25BrN2O/c1-2-20-15-7-10-19(11-8-15)12-9-16(18)13-3-5-14(17)6-4-13/h3-6,15-16H,2,7-12,18H2,1H3. The lowest BCUT2D eigenvalue weighted by Crippen LogP contribution is -2.38. The number of benzene rings is 1. The van der Waals surface area contributed by atoms with E-state index in [2.05, 4.69) is 52.0 Å². The van der Waals surface area contributed by atoms with Crippen LogP contribution in [0, 0.1) is 0 Å². The topological polar surface area (TPSA) is 38.5 Å². The van der Waals surface area contributed by atoms with Gasteiger partial charge in [-0.25, -0.2) is 0 Å². The highest BCUT2D eigenvalue weighted by Crippen LogP contribution is 2.19. The van der Waals surface area contributed by atoms with Crippen molar-refractivity contribution in [1.82, 2.24) is 4.90 Å². The van der Waals surface area contributed by atoms with Gasteiger partial charge >= 0.3 is 0 Å². The van der Waals surface area contributed by atoms with Gasteiger partial charge in [0.1, 0.15) is 0 Å². The molecule has 1 unspecified atom stereocenters. The molecule has 1 heterocycles. The number of hydrogen-bond acceptors (Lipinski definition) is 3. The zero-order chi connectivity index (χ0) is 14.4. The molecule has 3 nitrogen and oxygen atoms in total. The number of rotatable bonds is 6. The molecular formula is C16H25BrN2O. The van der Waals surface area contributed by atoms with Crippen LogP contribution in [0.5, 0.6) is 0 Å². The van der Waals surface area contributed by atoms with Crippen LogP contribution in [0.2, 0.25) is 0 Å². The van der Waals surface area contributed by atoms with Crippen molar-refractivity contribution >= 4 is 15.9 Å². The summed E-state index contributed by atoms with van der Waals surface area (Å²) in [4.78, 5) is 2.51. The van der Waals surface area contributed by atoms with Crippen molar-refractivity contribution in [3.8, 4) is 0 Å². The first-order valence-corrected chi connectivity index (χ1v) is 8.33. The van der Waals surface area contributed by atoms with Gasteiger partial charge in [-0.3, -0.25) is 0 Å². The summed E-state index contributed by atoms with van der Waals surface area (Å²) in [6.45, 7) is 6.26. The highest BCUT2D eigenvalue weighted by atomic mass is 79.9. The predicted octanol–water partition coefficient (Wildman–Crippen LogP) is 3.34. The van der Waals surface area contributed by atoms with Crippen molar-refractivity contribution in [2.24, 2.45) is 5.73 Å². The zero-order valence-corrected chi connectivity index (χ0v) is 13.8. The van der Waals surface area contributed by atoms with Crippen LogP contribution in [-0.2, 0) is 4.74 Å². The first kappa shape index (κ1) is 16.0. The second-order valence-electron chi connectivity index (χ2n) is 5.44. The quantitative estimate of drug-likeness (QED) is 0.862. The number of nitrogens with two attached hydrogens (primary N) is 1. The molecule has 2 N–H and O–H groups in total. The lowest BCUT2D eigenvalue weighted by atomic mass is 10.0. The van der Waals surface area contributed by atoms with Gasteiger partial charge in [-0.05, 0) is 50.4 Å². The second kappa shape index (κ2) is 8.13. The number of nitrogens with zero attached hydrogens (tertiary/aromatic N) is 1. The summed E-state index contributed by atoms with van der Waals surface area (Å²) in [6.07, 6.45) is 3.79. The predicted molar refractivity (Wildman–Crippen MR) is 86.8 cm³/mol. The van der Waals surface area contributed by atoms with E-state index in [0.29, 0.717) is 6.10 Å². The molecule has 2 rings (SSSR count). The summed E-state index contributed by atoms with van der Waals surface area (Å²) >= 11 is 3.45. The van der Waals surface area contributed by atoms with Crippen molar-refractivity contribution in [2.45, 2.75) is 38.3 Å². The Kier molecular flexibility index (Phi) is 6.49. The van der Waals surface area contributed by atoms with Crippen molar-refractivity contribution in [1.29, 1.82) is 0 Å². The summed E-state index contributed by atoms with van der Waals surface area (Å²) in [5.41, 5.74) is 7.49. The molecule has 20 heavy (non-hydrogen) atoms.